The quantitative estimate of drug-likeness (QED) is 0.624. The number of anilines is 1. The van der Waals surface area contributed by atoms with Crippen molar-refractivity contribution in [2.75, 3.05) is 5.73 Å². The number of rotatable bonds is 1. The molecule has 4 N–H and O–H groups in total. The molecule has 0 saturated heterocycles. The molecule has 0 spiro atoms. The summed E-state index contributed by atoms with van der Waals surface area (Å²) in [6.45, 7) is 5.56. The fourth-order valence-corrected chi connectivity index (χ4v) is 0.796. The number of H-pyrrole nitrogens is 1. The first-order valence-corrected chi connectivity index (χ1v) is 4.18. The number of nitrogen functional groups attached to an aromatic ring is 1. The molecular formula is C8H14N4O2. The van der Waals surface area contributed by atoms with Crippen LogP contribution in [0.2, 0.25) is 0 Å². The van der Waals surface area contributed by atoms with Gasteiger partial charge in [-0.05, 0) is 20.8 Å². The molecular weight excluding hydrogens is 184 g/mol. The van der Waals surface area contributed by atoms with Crippen LogP contribution in [0, 0.1) is 0 Å². The first-order valence-electron chi connectivity index (χ1n) is 4.18. The van der Waals surface area contributed by atoms with E-state index in [9.17, 15) is 4.79 Å². The van der Waals surface area contributed by atoms with Gasteiger partial charge in [0.15, 0.2) is 0 Å². The van der Waals surface area contributed by atoms with Gasteiger partial charge < -0.3 is 15.8 Å². The molecule has 1 aromatic heterocycles. The van der Waals surface area contributed by atoms with Crippen LogP contribution in [0.1, 0.15) is 20.8 Å². The monoisotopic (exact) mass is 198 g/mol. The molecule has 0 bridgehead atoms. The van der Waals surface area contributed by atoms with E-state index in [2.05, 4.69) is 15.5 Å². The Morgan fingerprint density at radius 1 is 1.64 bits per heavy atom. The van der Waals surface area contributed by atoms with Crippen LogP contribution in [0.4, 0.5) is 10.6 Å². The molecule has 0 unspecified atom stereocenters. The first kappa shape index (κ1) is 10.4. The smallest absolute Gasteiger partial charge is 0.390 e. The van der Waals surface area contributed by atoms with Gasteiger partial charge in [-0.1, -0.05) is 0 Å². The zero-order valence-corrected chi connectivity index (χ0v) is 8.42. The Morgan fingerprint density at radius 3 is 2.71 bits per heavy atom. The Morgan fingerprint density at radius 2 is 2.29 bits per heavy atom. The van der Waals surface area contributed by atoms with Crippen LogP contribution >= 0.6 is 0 Å². The predicted octanol–water partition coefficient (Wildman–Crippen LogP) is 0.879. The van der Waals surface area contributed by atoms with Crippen molar-refractivity contribution in [3.63, 3.8) is 0 Å². The maximum atomic E-state index is 11.2. The van der Waals surface area contributed by atoms with Gasteiger partial charge >= 0.3 is 6.09 Å². The fraction of sp³-hybridized carbons (Fsp3) is 0.500. The van der Waals surface area contributed by atoms with E-state index in [-0.39, 0.29) is 11.4 Å². The van der Waals surface area contributed by atoms with Crippen LogP contribution in [0.25, 0.3) is 0 Å². The Kier molecular flexibility index (Phi) is 2.64. The van der Waals surface area contributed by atoms with Gasteiger partial charge in [0.25, 0.3) is 0 Å². The summed E-state index contributed by atoms with van der Waals surface area (Å²) in [4.78, 5) is 11.2. The van der Waals surface area contributed by atoms with Crippen LogP contribution < -0.4 is 15.8 Å². The normalized spacial score (nSPS) is 11.1. The lowest BCUT2D eigenvalue weighted by molar-refractivity contribution is 0.188. The Hall–Kier alpha value is -1.72. The minimum atomic E-state index is -0.552. The molecule has 1 amide bonds. The molecule has 0 radical (unpaired) electrons. The lowest BCUT2D eigenvalue weighted by Gasteiger charge is -2.19. The van der Waals surface area contributed by atoms with Gasteiger partial charge in [-0.25, -0.2) is 4.79 Å². The second-order valence-electron chi connectivity index (χ2n) is 3.93. The topological polar surface area (TPSA) is 93.0 Å². The van der Waals surface area contributed by atoms with E-state index in [1.54, 1.807) is 0 Å². The summed E-state index contributed by atoms with van der Waals surface area (Å²) in [5.41, 5.74) is 5.02. The number of hydrogen-bond donors (Lipinski definition) is 3. The highest BCUT2D eigenvalue weighted by molar-refractivity contribution is 5.70. The van der Waals surface area contributed by atoms with Gasteiger partial charge in [0, 0.05) is 11.6 Å². The van der Waals surface area contributed by atoms with Crippen molar-refractivity contribution in [1.29, 1.82) is 0 Å². The first-order chi connectivity index (χ1) is 6.37. The molecule has 1 heterocycles. The van der Waals surface area contributed by atoms with E-state index in [0.29, 0.717) is 5.82 Å². The maximum absolute atomic E-state index is 11.2. The minimum Gasteiger partial charge on any atom is -0.390 e. The number of aromatic amines is 1. The molecule has 1 aromatic rings. The number of carbonyl (C=O) groups is 1. The van der Waals surface area contributed by atoms with Crippen molar-refractivity contribution in [3.8, 4) is 5.88 Å². The van der Waals surface area contributed by atoms with Gasteiger partial charge in [0.05, 0.1) is 0 Å². The van der Waals surface area contributed by atoms with Crippen LogP contribution in [0.15, 0.2) is 6.07 Å². The molecule has 78 valence electrons. The van der Waals surface area contributed by atoms with Gasteiger partial charge in [-0.15, -0.1) is 5.10 Å². The van der Waals surface area contributed by atoms with E-state index in [0.717, 1.165) is 0 Å². The highest BCUT2D eigenvalue weighted by Crippen LogP contribution is 2.09. The maximum Gasteiger partial charge on any atom is 0.414 e. The molecule has 14 heavy (non-hydrogen) atoms. The molecule has 0 aliphatic heterocycles. The summed E-state index contributed by atoms with van der Waals surface area (Å²) in [5, 5.41) is 8.73. The van der Waals surface area contributed by atoms with Crippen LogP contribution in [0.3, 0.4) is 0 Å². The molecule has 0 saturated carbocycles. The summed E-state index contributed by atoms with van der Waals surface area (Å²) in [7, 11) is 0. The highest BCUT2D eigenvalue weighted by Gasteiger charge is 2.15. The summed E-state index contributed by atoms with van der Waals surface area (Å²) in [6, 6.07) is 1.43. The fourth-order valence-electron chi connectivity index (χ4n) is 0.796. The van der Waals surface area contributed by atoms with E-state index in [4.69, 9.17) is 10.5 Å². The SMILES string of the molecule is CC(C)(C)NC(=O)Oc1cc(N)[nH]n1. The molecule has 0 fully saturated rings. The third kappa shape index (κ3) is 3.34. The van der Waals surface area contributed by atoms with Crippen molar-refractivity contribution in [2.45, 2.75) is 26.3 Å². The van der Waals surface area contributed by atoms with Crippen LogP contribution in [-0.2, 0) is 0 Å². The van der Waals surface area contributed by atoms with Gasteiger partial charge in [-0.2, -0.15) is 0 Å². The van der Waals surface area contributed by atoms with E-state index < -0.39 is 6.09 Å². The van der Waals surface area contributed by atoms with Crippen molar-refractivity contribution < 1.29 is 9.53 Å². The zero-order chi connectivity index (χ0) is 10.8. The molecule has 0 aromatic carbocycles. The van der Waals surface area contributed by atoms with Crippen molar-refractivity contribution in [3.05, 3.63) is 6.07 Å². The zero-order valence-electron chi connectivity index (χ0n) is 8.42. The van der Waals surface area contributed by atoms with Gasteiger partial charge in [0.2, 0.25) is 5.88 Å². The van der Waals surface area contributed by atoms with Crippen molar-refractivity contribution in [1.82, 2.24) is 15.5 Å². The molecule has 0 aliphatic carbocycles. The van der Waals surface area contributed by atoms with Gasteiger partial charge in [-0.3, -0.25) is 5.10 Å². The second-order valence-corrected chi connectivity index (χ2v) is 3.93. The lowest BCUT2D eigenvalue weighted by Crippen LogP contribution is -2.42. The van der Waals surface area contributed by atoms with E-state index in [1.165, 1.54) is 6.07 Å². The lowest BCUT2D eigenvalue weighted by atomic mass is 10.1. The minimum absolute atomic E-state index is 0.157. The number of nitrogens with zero attached hydrogens (tertiary/aromatic N) is 1. The number of nitrogens with two attached hydrogens (primary N) is 1. The largest absolute Gasteiger partial charge is 0.414 e. The summed E-state index contributed by atoms with van der Waals surface area (Å²) in [5.74, 6) is 0.507. The number of aromatic nitrogens is 2. The number of nitrogens with one attached hydrogen (secondary N) is 2. The van der Waals surface area contributed by atoms with E-state index in [1.807, 2.05) is 20.8 Å². The number of carbonyl (C=O) groups excluding carboxylic acids is 1. The van der Waals surface area contributed by atoms with Crippen molar-refractivity contribution in [2.24, 2.45) is 0 Å². The molecule has 6 heteroatoms. The van der Waals surface area contributed by atoms with E-state index >= 15 is 0 Å². The summed E-state index contributed by atoms with van der Waals surface area (Å²) < 4.78 is 4.84. The molecule has 6 nitrogen and oxygen atoms in total. The average Bonchev–Trinajstić information content (AvgIpc) is 2.30. The standard InChI is InChI=1S/C8H14N4O2/c1-8(2,3)10-7(13)14-6-4-5(9)11-12-6/h4H,1-3H3,(H,10,13)(H3,9,11,12). The second kappa shape index (κ2) is 3.57. The molecule has 0 aliphatic rings. The number of ether oxygens (including phenoxy) is 1. The predicted molar refractivity (Wildman–Crippen MR) is 51.9 cm³/mol. The highest BCUT2D eigenvalue weighted by atomic mass is 16.6. The van der Waals surface area contributed by atoms with Gasteiger partial charge in [0.1, 0.15) is 5.82 Å². The molecule has 0 atom stereocenters. The van der Waals surface area contributed by atoms with Crippen LogP contribution in [-0.4, -0.2) is 21.8 Å². The third-order valence-corrected chi connectivity index (χ3v) is 1.25. The Bertz CT molecular complexity index is 326. The van der Waals surface area contributed by atoms with Crippen LogP contribution in [0.5, 0.6) is 5.88 Å². The Balaban J connectivity index is 2.50. The summed E-state index contributed by atoms with van der Waals surface area (Å²) in [6.07, 6.45) is -0.552. The summed E-state index contributed by atoms with van der Waals surface area (Å²) >= 11 is 0. The molecule has 1 rings (SSSR count). The number of amides is 1. The van der Waals surface area contributed by atoms with Crippen molar-refractivity contribution >= 4 is 11.9 Å². The average molecular weight is 198 g/mol. The third-order valence-electron chi connectivity index (χ3n) is 1.25. The Labute approximate surface area is 81.8 Å². The number of hydrogen-bond acceptors (Lipinski definition) is 4.